The number of hydrogen-bond acceptors (Lipinski definition) is 3. The summed E-state index contributed by atoms with van der Waals surface area (Å²) in [6, 6.07) is 8.94. The third kappa shape index (κ3) is 1.89. The number of nitrogens with zero attached hydrogens (tertiary/aromatic N) is 2. The van der Waals surface area contributed by atoms with Crippen molar-refractivity contribution in [2.75, 3.05) is 24.5 Å². The zero-order valence-corrected chi connectivity index (χ0v) is 11.9. The van der Waals surface area contributed by atoms with E-state index in [0.717, 1.165) is 29.9 Å². The molecule has 0 aliphatic carbocycles. The SMILES string of the molecule is CCN(c1nccc2c(Br)cccc12)C1CNC1. The Hall–Kier alpha value is -1.13. The molecule has 0 spiro atoms. The molecule has 0 bridgehead atoms. The fourth-order valence-corrected chi connectivity index (χ4v) is 2.96. The molecule has 2 heterocycles. The number of hydrogen-bond donors (Lipinski definition) is 1. The second-order valence-corrected chi connectivity index (χ2v) is 5.42. The molecule has 94 valence electrons. The lowest BCUT2D eigenvalue weighted by molar-refractivity contribution is 0.416. The van der Waals surface area contributed by atoms with Gasteiger partial charge >= 0.3 is 0 Å². The van der Waals surface area contributed by atoms with Crippen LogP contribution in [-0.4, -0.2) is 30.7 Å². The topological polar surface area (TPSA) is 28.2 Å². The molecule has 3 nitrogen and oxygen atoms in total. The molecule has 0 saturated carbocycles. The standard InChI is InChI=1S/C14H16BrN3/c1-2-18(10-8-16-9-10)14-12-4-3-5-13(15)11(12)6-7-17-14/h3-7,10,16H,2,8-9H2,1H3. The van der Waals surface area contributed by atoms with Gasteiger partial charge in [0.1, 0.15) is 5.82 Å². The molecule has 1 saturated heterocycles. The highest BCUT2D eigenvalue weighted by atomic mass is 79.9. The van der Waals surface area contributed by atoms with Gasteiger partial charge in [-0.25, -0.2) is 4.98 Å². The lowest BCUT2D eigenvalue weighted by Gasteiger charge is -2.38. The molecule has 1 aliphatic rings. The fourth-order valence-electron chi connectivity index (χ4n) is 2.46. The number of aromatic nitrogens is 1. The van der Waals surface area contributed by atoms with Crippen molar-refractivity contribution in [1.29, 1.82) is 0 Å². The van der Waals surface area contributed by atoms with Crippen LogP contribution in [0.3, 0.4) is 0 Å². The number of halogens is 1. The van der Waals surface area contributed by atoms with E-state index in [2.05, 4.69) is 62.3 Å². The van der Waals surface area contributed by atoms with Crippen molar-refractivity contribution in [3.8, 4) is 0 Å². The van der Waals surface area contributed by atoms with Crippen LogP contribution in [-0.2, 0) is 0 Å². The first kappa shape index (κ1) is 11.9. The number of nitrogens with one attached hydrogen (secondary N) is 1. The normalized spacial score (nSPS) is 15.7. The fraction of sp³-hybridized carbons (Fsp3) is 0.357. The lowest BCUT2D eigenvalue weighted by Crippen LogP contribution is -2.57. The summed E-state index contributed by atoms with van der Waals surface area (Å²) in [5, 5.41) is 5.78. The van der Waals surface area contributed by atoms with Crippen LogP contribution in [0.1, 0.15) is 6.92 Å². The molecular formula is C14H16BrN3. The van der Waals surface area contributed by atoms with Crippen LogP contribution in [0.2, 0.25) is 0 Å². The molecule has 4 heteroatoms. The van der Waals surface area contributed by atoms with E-state index in [9.17, 15) is 0 Å². The predicted molar refractivity (Wildman–Crippen MR) is 79.1 cm³/mol. The quantitative estimate of drug-likeness (QED) is 0.945. The second kappa shape index (κ2) is 4.86. The molecule has 0 atom stereocenters. The zero-order chi connectivity index (χ0) is 12.5. The van der Waals surface area contributed by atoms with Gasteiger partial charge in [-0.15, -0.1) is 0 Å². The molecule has 1 aromatic carbocycles. The number of fused-ring (bicyclic) bond motifs is 1. The van der Waals surface area contributed by atoms with Gasteiger partial charge in [0, 0.05) is 41.1 Å². The predicted octanol–water partition coefficient (Wildman–Crippen LogP) is 2.80. The maximum Gasteiger partial charge on any atom is 0.136 e. The zero-order valence-electron chi connectivity index (χ0n) is 10.4. The van der Waals surface area contributed by atoms with E-state index in [-0.39, 0.29) is 0 Å². The monoisotopic (exact) mass is 305 g/mol. The average Bonchev–Trinajstić information content (AvgIpc) is 2.34. The van der Waals surface area contributed by atoms with Crippen LogP contribution in [0, 0.1) is 0 Å². The Morgan fingerprint density at radius 2 is 2.17 bits per heavy atom. The van der Waals surface area contributed by atoms with E-state index in [1.54, 1.807) is 0 Å². The minimum Gasteiger partial charge on any atom is -0.351 e. The summed E-state index contributed by atoms with van der Waals surface area (Å²) in [6.45, 7) is 5.29. The molecule has 18 heavy (non-hydrogen) atoms. The van der Waals surface area contributed by atoms with Crippen LogP contribution in [0.5, 0.6) is 0 Å². The maximum atomic E-state index is 4.60. The van der Waals surface area contributed by atoms with Gasteiger partial charge in [-0.05, 0) is 19.1 Å². The van der Waals surface area contributed by atoms with E-state index in [0.29, 0.717) is 6.04 Å². The number of anilines is 1. The Balaban J connectivity index is 2.12. The van der Waals surface area contributed by atoms with Gasteiger partial charge in [0.2, 0.25) is 0 Å². The van der Waals surface area contributed by atoms with Gasteiger partial charge in [-0.3, -0.25) is 0 Å². The summed E-state index contributed by atoms with van der Waals surface area (Å²) in [5.74, 6) is 1.10. The van der Waals surface area contributed by atoms with E-state index >= 15 is 0 Å². The molecule has 1 aliphatic heterocycles. The Labute approximate surface area is 115 Å². The average molecular weight is 306 g/mol. The van der Waals surface area contributed by atoms with Crippen molar-refractivity contribution in [3.63, 3.8) is 0 Å². The first-order valence-corrected chi connectivity index (χ1v) is 7.11. The van der Waals surface area contributed by atoms with Crippen molar-refractivity contribution in [2.45, 2.75) is 13.0 Å². The Morgan fingerprint density at radius 1 is 1.33 bits per heavy atom. The molecule has 1 aromatic heterocycles. The van der Waals surface area contributed by atoms with Crippen molar-refractivity contribution >= 4 is 32.5 Å². The molecule has 1 fully saturated rings. The van der Waals surface area contributed by atoms with Crippen molar-refractivity contribution < 1.29 is 0 Å². The highest BCUT2D eigenvalue weighted by Crippen LogP contribution is 2.30. The highest BCUT2D eigenvalue weighted by molar-refractivity contribution is 9.10. The van der Waals surface area contributed by atoms with Crippen LogP contribution < -0.4 is 10.2 Å². The van der Waals surface area contributed by atoms with E-state index in [4.69, 9.17) is 0 Å². The molecule has 1 N–H and O–H groups in total. The minimum atomic E-state index is 0.576. The first-order valence-electron chi connectivity index (χ1n) is 6.32. The number of likely N-dealkylation sites (N-methyl/N-ethyl adjacent to an activating group) is 1. The van der Waals surface area contributed by atoms with E-state index < -0.39 is 0 Å². The largest absolute Gasteiger partial charge is 0.351 e. The minimum absolute atomic E-state index is 0.576. The van der Waals surface area contributed by atoms with Gasteiger partial charge in [0.15, 0.2) is 0 Å². The number of pyridine rings is 1. The van der Waals surface area contributed by atoms with Gasteiger partial charge in [-0.2, -0.15) is 0 Å². The number of rotatable bonds is 3. The second-order valence-electron chi connectivity index (χ2n) is 4.57. The molecule has 0 unspecified atom stereocenters. The lowest BCUT2D eigenvalue weighted by atomic mass is 10.1. The summed E-state index contributed by atoms with van der Waals surface area (Å²) < 4.78 is 1.13. The third-order valence-corrected chi connectivity index (χ3v) is 4.24. The van der Waals surface area contributed by atoms with E-state index in [1.165, 1.54) is 10.8 Å². The molecule has 2 aromatic rings. The first-order chi connectivity index (χ1) is 8.81. The molecular weight excluding hydrogens is 290 g/mol. The molecule has 0 radical (unpaired) electrons. The van der Waals surface area contributed by atoms with Crippen LogP contribution in [0.4, 0.5) is 5.82 Å². The third-order valence-electron chi connectivity index (χ3n) is 3.55. The van der Waals surface area contributed by atoms with Crippen LogP contribution >= 0.6 is 15.9 Å². The van der Waals surface area contributed by atoms with Crippen LogP contribution in [0.25, 0.3) is 10.8 Å². The summed E-state index contributed by atoms with van der Waals surface area (Å²) in [6.07, 6.45) is 1.90. The van der Waals surface area contributed by atoms with Crippen molar-refractivity contribution in [2.24, 2.45) is 0 Å². The summed E-state index contributed by atoms with van der Waals surface area (Å²) >= 11 is 3.61. The van der Waals surface area contributed by atoms with Gasteiger partial charge in [0.25, 0.3) is 0 Å². The summed E-state index contributed by atoms with van der Waals surface area (Å²) in [5.41, 5.74) is 0. The van der Waals surface area contributed by atoms with Crippen molar-refractivity contribution in [3.05, 3.63) is 34.9 Å². The Kier molecular flexibility index (Phi) is 3.22. The Bertz CT molecular complexity index is 566. The van der Waals surface area contributed by atoms with Crippen molar-refractivity contribution in [1.82, 2.24) is 10.3 Å². The maximum absolute atomic E-state index is 4.60. The van der Waals surface area contributed by atoms with Gasteiger partial charge < -0.3 is 10.2 Å². The number of benzene rings is 1. The highest BCUT2D eigenvalue weighted by Gasteiger charge is 2.25. The Morgan fingerprint density at radius 3 is 2.83 bits per heavy atom. The molecule has 0 amide bonds. The summed E-state index contributed by atoms with van der Waals surface area (Å²) in [4.78, 5) is 6.99. The molecule has 3 rings (SSSR count). The van der Waals surface area contributed by atoms with Crippen LogP contribution in [0.15, 0.2) is 34.9 Å². The van der Waals surface area contributed by atoms with Gasteiger partial charge in [-0.1, -0.05) is 28.1 Å². The van der Waals surface area contributed by atoms with Gasteiger partial charge in [0.05, 0.1) is 6.04 Å². The summed E-state index contributed by atoms with van der Waals surface area (Å²) in [7, 11) is 0. The smallest absolute Gasteiger partial charge is 0.136 e. The van der Waals surface area contributed by atoms with E-state index in [1.807, 2.05) is 6.20 Å².